The summed E-state index contributed by atoms with van der Waals surface area (Å²) in [7, 11) is 0. The van der Waals surface area contributed by atoms with Crippen LogP contribution in [0.1, 0.15) is 24.2 Å². The SMILES string of the molecule is CCOc1cccc(CN2CCNCC2c2cccnc2)n1.Cl. The molecular formula is C17H23ClN4O. The second-order valence-corrected chi connectivity index (χ2v) is 5.38. The summed E-state index contributed by atoms with van der Waals surface area (Å²) in [6.45, 7) is 6.38. The first-order valence-electron chi connectivity index (χ1n) is 7.80. The van der Waals surface area contributed by atoms with Gasteiger partial charge in [-0.05, 0) is 24.6 Å². The number of halogens is 1. The number of piperazine rings is 1. The van der Waals surface area contributed by atoms with E-state index >= 15 is 0 Å². The molecule has 0 bridgehead atoms. The van der Waals surface area contributed by atoms with E-state index in [4.69, 9.17) is 4.74 Å². The van der Waals surface area contributed by atoms with Gasteiger partial charge in [-0.3, -0.25) is 9.88 Å². The third-order valence-corrected chi connectivity index (χ3v) is 3.86. The van der Waals surface area contributed by atoms with Crippen molar-refractivity contribution in [3.8, 4) is 5.88 Å². The molecule has 2 aromatic heterocycles. The Morgan fingerprint density at radius 3 is 3.00 bits per heavy atom. The number of hydrogen-bond acceptors (Lipinski definition) is 5. The first-order valence-corrected chi connectivity index (χ1v) is 7.80. The molecule has 5 nitrogen and oxygen atoms in total. The van der Waals surface area contributed by atoms with Gasteiger partial charge in [-0.25, -0.2) is 4.98 Å². The zero-order valence-corrected chi connectivity index (χ0v) is 14.1. The van der Waals surface area contributed by atoms with E-state index in [0.29, 0.717) is 18.5 Å². The van der Waals surface area contributed by atoms with E-state index in [1.165, 1.54) is 5.56 Å². The zero-order chi connectivity index (χ0) is 15.2. The van der Waals surface area contributed by atoms with Crippen LogP contribution < -0.4 is 10.1 Å². The highest BCUT2D eigenvalue weighted by molar-refractivity contribution is 5.85. The van der Waals surface area contributed by atoms with Crippen LogP contribution in [0.2, 0.25) is 0 Å². The molecule has 124 valence electrons. The van der Waals surface area contributed by atoms with Crippen LogP contribution in [0.5, 0.6) is 5.88 Å². The molecule has 1 unspecified atom stereocenters. The van der Waals surface area contributed by atoms with Gasteiger partial charge in [-0.1, -0.05) is 12.1 Å². The summed E-state index contributed by atoms with van der Waals surface area (Å²) in [5.41, 5.74) is 2.29. The number of nitrogens with one attached hydrogen (secondary N) is 1. The van der Waals surface area contributed by atoms with Crippen LogP contribution in [0.25, 0.3) is 0 Å². The van der Waals surface area contributed by atoms with Crippen LogP contribution in [-0.2, 0) is 6.54 Å². The van der Waals surface area contributed by atoms with E-state index in [-0.39, 0.29) is 12.4 Å². The van der Waals surface area contributed by atoms with Gasteiger partial charge in [-0.2, -0.15) is 0 Å². The highest BCUT2D eigenvalue weighted by atomic mass is 35.5. The molecule has 3 heterocycles. The third-order valence-electron chi connectivity index (χ3n) is 3.86. The molecule has 1 atom stereocenters. The lowest BCUT2D eigenvalue weighted by Gasteiger charge is -2.36. The number of pyridine rings is 2. The van der Waals surface area contributed by atoms with E-state index < -0.39 is 0 Å². The summed E-state index contributed by atoms with van der Waals surface area (Å²) >= 11 is 0. The predicted octanol–water partition coefficient (Wildman–Crippen LogP) is 2.44. The maximum Gasteiger partial charge on any atom is 0.213 e. The van der Waals surface area contributed by atoms with Gasteiger partial charge in [-0.15, -0.1) is 12.4 Å². The number of aromatic nitrogens is 2. The molecule has 0 aromatic carbocycles. The van der Waals surface area contributed by atoms with E-state index in [2.05, 4.69) is 32.3 Å². The van der Waals surface area contributed by atoms with Crippen molar-refractivity contribution in [2.24, 2.45) is 0 Å². The summed E-state index contributed by atoms with van der Waals surface area (Å²) in [4.78, 5) is 11.3. The van der Waals surface area contributed by atoms with Crippen LogP contribution in [-0.4, -0.2) is 41.1 Å². The molecule has 1 fully saturated rings. The summed E-state index contributed by atoms with van der Waals surface area (Å²) in [5.74, 6) is 0.702. The minimum absolute atomic E-state index is 0. The number of rotatable bonds is 5. The van der Waals surface area contributed by atoms with Gasteiger partial charge in [0.2, 0.25) is 5.88 Å². The van der Waals surface area contributed by atoms with Gasteiger partial charge in [0.25, 0.3) is 0 Å². The first kappa shape index (κ1) is 17.7. The molecule has 0 aliphatic carbocycles. The minimum Gasteiger partial charge on any atom is -0.478 e. The largest absolute Gasteiger partial charge is 0.478 e. The monoisotopic (exact) mass is 334 g/mol. The predicted molar refractivity (Wildman–Crippen MR) is 92.9 cm³/mol. The average molecular weight is 335 g/mol. The average Bonchev–Trinajstić information content (AvgIpc) is 2.57. The zero-order valence-electron chi connectivity index (χ0n) is 13.3. The van der Waals surface area contributed by atoms with Crippen LogP contribution in [0.4, 0.5) is 0 Å². The Morgan fingerprint density at radius 1 is 1.30 bits per heavy atom. The van der Waals surface area contributed by atoms with Crippen molar-refractivity contribution in [2.75, 3.05) is 26.2 Å². The van der Waals surface area contributed by atoms with Crippen molar-refractivity contribution < 1.29 is 4.74 Å². The molecule has 2 aromatic rings. The fourth-order valence-corrected chi connectivity index (χ4v) is 2.82. The van der Waals surface area contributed by atoms with E-state index in [1.54, 1.807) is 0 Å². The van der Waals surface area contributed by atoms with Crippen molar-refractivity contribution in [3.05, 3.63) is 54.0 Å². The van der Waals surface area contributed by atoms with Gasteiger partial charge in [0.05, 0.1) is 12.3 Å². The van der Waals surface area contributed by atoms with Crippen LogP contribution in [0, 0.1) is 0 Å². The van der Waals surface area contributed by atoms with Crippen molar-refractivity contribution in [3.63, 3.8) is 0 Å². The number of nitrogens with zero attached hydrogens (tertiary/aromatic N) is 3. The molecular weight excluding hydrogens is 312 g/mol. The van der Waals surface area contributed by atoms with Crippen LogP contribution in [0.3, 0.4) is 0 Å². The van der Waals surface area contributed by atoms with Crippen molar-refractivity contribution >= 4 is 12.4 Å². The standard InChI is InChI=1S/C17H22N4O.ClH/c1-2-22-17-7-3-6-15(20-17)13-21-10-9-19-12-16(21)14-5-4-8-18-11-14;/h3-8,11,16,19H,2,9-10,12-13H2,1H3;1H. The Kier molecular flexibility index (Phi) is 6.77. The normalized spacial score (nSPS) is 18.2. The summed E-state index contributed by atoms with van der Waals surface area (Å²) < 4.78 is 5.50. The molecule has 3 rings (SSSR count). The highest BCUT2D eigenvalue weighted by Crippen LogP contribution is 2.23. The fraction of sp³-hybridized carbons (Fsp3) is 0.412. The highest BCUT2D eigenvalue weighted by Gasteiger charge is 2.24. The van der Waals surface area contributed by atoms with E-state index in [0.717, 1.165) is 31.9 Å². The second-order valence-electron chi connectivity index (χ2n) is 5.38. The molecule has 0 saturated carbocycles. The topological polar surface area (TPSA) is 50.3 Å². The molecule has 0 amide bonds. The molecule has 0 spiro atoms. The summed E-state index contributed by atoms with van der Waals surface area (Å²) in [6, 6.07) is 10.4. The Hall–Kier alpha value is -1.69. The lowest BCUT2D eigenvalue weighted by molar-refractivity contribution is 0.151. The van der Waals surface area contributed by atoms with E-state index in [1.807, 2.05) is 37.5 Å². The smallest absolute Gasteiger partial charge is 0.213 e. The summed E-state index contributed by atoms with van der Waals surface area (Å²) in [5, 5.41) is 3.47. The lowest BCUT2D eigenvalue weighted by Crippen LogP contribution is -2.45. The Morgan fingerprint density at radius 2 is 2.22 bits per heavy atom. The Labute approximate surface area is 143 Å². The molecule has 23 heavy (non-hydrogen) atoms. The molecule has 1 aliphatic rings. The number of ether oxygens (including phenoxy) is 1. The van der Waals surface area contributed by atoms with E-state index in [9.17, 15) is 0 Å². The maximum absolute atomic E-state index is 5.50. The second kappa shape index (κ2) is 8.82. The fourth-order valence-electron chi connectivity index (χ4n) is 2.82. The van der Waals surface area contributed by atoms with Crippen molar-refractivity contribution in [1.29, 1.82) is 0 Å². The molecule has 6 heteroatoms. The first-order chi connectivity index (χ1) is 10.9. The molecule has 1 aliphatic heterocycles. The molecule has 1 N–H and O–H groups in total. The molecule has 1 saturated heterocycles. The minimum atomic E-state index is 0. The van der Waals surface area contributed by atoms with Crippen molar-refractivity contribution in [1.82, 2.24) is 20.2 Å². The van der Waals surface area contributed by atoms with Crippen LogP contribution >= 0.6 is 12.4 Å². The van der Waals surface area contributed by atoms with Crippen LogP contribution in [0.15, 0.2) is 42.7 Å². The molecule has 0 radical (unpaired) electrons. The Bertz CT molecular complexity index is 596. The Balaban J connectivity index is 0.00000192. The van der Waals surface area contributed by atoms with Gasteiger partial charge in [0.1, 0.15) is 0 Å². The van der Waals surface area contributed by atoms with Gasteiger partial charge < -0.3 is 10.1 Å². The quantitative estimate of drug-likeness (QED) is 0.910. The maximum atomic E-state index is 5.50. The van der Waals surface area contributed by atoms with Gasteiger partial charge >= 0.3 is 0 Å². The third kappa shape index (κ3) is 4.64. The summed E-state index contributed by atoms with van der Waals surface area (Å²) in [6.07, 6.45) is 3.77. The number of hydrogen-bond donors (Lipinski definition) is 1. The van der Waals surface area contributed by atoms with Crippen molar-refractivity contribution in [2.45, 2.75) is 19.5 Å². The van der Waals surface area contributed by atoms with Gasteiger partial charge in [0.15, 0.2) is 0 Å². The van der Waals surface area contributed by atoms with Gasteiger partial charge in [0, 0.05) is 50.7 Å². The lowest BCUT2D eigenvalue weighted by atomic mass is 10.1.